The molecule has 2 heterocycles. The van der Waals surface area contributed by atoms with Gasteiger partial charge in [-0.25, -0.2) is 4.98 Å². The summed E-state index contributed by atoms with van der Waals surface area (Å²) in [5, 5.41) is 5.35. The summed E-state index contributed by atoms with van der Waals surface area (Å²) < 4.78 is 1.63. The Morgan fingerprint density at radius 2 is 1.85 bits per heavy atom. The third-order valence-electron chi connectivity index (χ3n) is 4.19. The van der Waals surface area contributed by atoms with Gasteiger partial charge >= 0.3 is 0 Å². The van der Waals surface area contributed by atoms with Gasteiger partial charge < -0.3 is 0 Å². The SMILES string of the molecule is O=CN(Cc1ccc(Cl)cc1Cl)c1cc(-c2ccccc2)nc2ccnn12. The van der Waals surface area contributed by atoms with Crippen molar-refractivity contribution in [3.05, 3.63) is 82.5 Å². The van der Waals surface area contributed by atoms with E-state index in [1.165, 1.54) is 0 Å². The minimum Gasteiger partial charge on any atom is -0.295 e. The van der Waals surface area contributed by atoms with Crippen LogP contribution in [0.2, 0.25) is 10.0 Å². The van der Waals surface area contributed by atoms with Crippen molar-refractivity contribution in [1.82, 2.24) is 14.6 Å². The molecular weight excluding hydrogens is 383 g/mol. The Balaban J connectivity index is 1.80. The molecule has 2 aromatic heterocycles. The molecule has 2 aromatic carbocycles. The van der Waals surface area contributed by atoms with E-state index < -0.39 is 0 Å². The first-order valence-electron chi connectivity index (χ1n) is 8.22. The van der Waals surface area contributed by atoms with Gasteiger partial charge in [-0.3, -0.25) is 9.69 Å². The zero-order chi connectivity index (χ0) is 18.8. The minimum absolute atomic E-state index is 0.284. The minimum atomic E-state index is 0.284. The lowest BCUT2D eigenvalue weighted by Crippen LogP contribution is -2.23. The molecule has 0 saturated heterocycles. The van der Waals surface area contributed by atoms with Crippen molar-refractivity contribution in [3.63, 3.8) is 0 Å². The molecule has 4 aromatic rings. The van der Waals surface area contributed by atoms with Crippen LogP contribution in [0.4, 0.5) is 5.82 Å². The number of carbonyl (C=O) groups excluding carboxylic acids is 1. The largest absolute Gasteiger partial charge is 0.295 e. The van der Waals surface area contributed by atoms with Crippen molar-refractivity contribution in [3.8, 4) is 11.3 Å². The van der Waals surface area contributed by atoms with Crippen LogP contribution in [0.25, 0.3) is 16.9 Å². The highest BCUT2D eigenvalue weighted by atomic mass is 35.5. The Bertz CT molecular complexity index is 1110. The molecule has 134 valence electrons. The maximum Gasteiger partial charge on any atom is 0.215 e. The van der Waals surface area contributed by atoms with Gasteiger partial charge in [0.15, 0.2) is 5.65 Å². The van der Waals surface area contributed by atoms with Crippen LogP contribution in [-0.4, -0.2) is 21.0 Å². The molecule has 0 aliphatic rings. The van der Waals surface area contributed by atoms with Crippen molar-refractivity contribution in [1.29, 1.82) is 0 Å². The molecule has 4 rings (SSSR count). The number of hydrogen-bond acceptors (Lipinski definition) is 3. The van der Waals surface area contributed by atoms with Crippen molar-refractivity contribution in [2.75, 3.05) is 4.90 Å². The predicted octanol–water partition coefficient (Wildman–Crippen LogP) is 4.87. The van der Waals surface area contributed by atoms with Gasteiger partial charge in [0.1, 0.15) is 5.82 Å². The summed E-state index contributed by atoms with van der Waals surface area (Å²) in [6, 6.07) is 18.6. The summed E-state index contributed by atoms with van der Waals surface area (Å²) in [7, 11) is 0. The van der Waals surface area contributed by atoms with Crippen LogP contribution in [0.15, 0.2) is 66.9 Å². The fourth-order valence-corrected chi connectivity index (χ4v) is 3.33. The van der Waals surface area contributed by atoms with Crippen LogP contribution in [-0.2, 0) is 11.3 Å². The predicted molar refractivity (Wildman–Crippen MR) is 107 cm³/mol. The van der Waals surface area contributed by atoms with E-state index in [4.69, 9.17) is 23.2 Å². The first-order valence-corrected chi connectivity index (χ1v) is 8.97. The highest BCUT2D eigenvalue weighted by Crippen LogP contribution is 2.27. The molecule has 0 spiro atoms. The van der Waals surface area contributed by atoms with E-state index in [9.17, 15) is 4.79 Å². The molecule has 0 N–H and O–H groups in total. The number of aromatic nitrogens is 3. The van der Waals surface area contributed by atoms with E-state index in [0.29, 0.717) is 21.5 Å². The standard InChI is InChI=1S/C20H14Cl2N4O/c21-16-7-6-15(17(22)10-16)12-25(13-27)20-11-18(14-4-2-1-3-5-14)24-19-8-9-23-26(19)20/h1-11,13H,12H2. The molecule has 0 radical (unpaired) electrons. The Morgan fingerprint density at radius 3 is 2.59 bits per heavy atom. The summed E-state index contributed by atoms with van der Waals surface area (Å²) in [4.78, 5) is 18.1. The Kier molecular flexibility index (Phi) is 4.79. The lowest BCUT2D eigenvalue weighted by atomic mass is 10.1. The number of rotatable bonds is 5. The average molecular weight is 397 g/mol. The van der Waals surface area contributed by atoms with Gasteiger partial charge in [-0.05, 0) is 17.7 Å². The van der Waals surface area contributed by atoms with E-state index >= 15 is 0 Å². The lowest BCUT2D eigenvalue weighted by molar-refractivity contribution is -0.107. The molecular formula is C20H14Cl2N4O. The van der Waals surface area contributed by atoms with Gasteiger partial charge in [-0.15, -0.1) is 0 Å². The highest BCUT2D eigenvalue weighted by molar-refractivity contribution is 6.35. The topological polar surface area (TPSA) is 50.5 Å². The summed E-state index contributed by atoms with van der Waals surface area (Å²) in [6.45, 7) is 0.284. The smallest absolute Gasteiger partial charge is 0.215 e. The summed E-state index contributed by atoms with van der Waals surface area (Å²) in [5.74, 6) is 0.602. The van der Waals surface area contributed by atoms with Crippen LogP contribution in [0, 0.1) is 0 Å². The number of hydrogen-bond donors (Lipinski definition) is 0. The van der Waals surface area contributed by atoms with Gasteiger partial charge in [-0.1, -0.05) is 59.6 Å². The molecule has 0 fully saturated rings. The average Bonchev–Trinajstić information content (AvgIpc) is 3.16. The normalized spacial score (nSPS) is 10.9. The van der Waals surface area contributed by atoms with E-state index in [1.807, 2.05) is 36.4 Å². The zero-order valence-corrected chi connectivity index (χ0v) is 15.6. The lowest BCUT2D eigenvalue weighted by Gasteiger charge is -2.20. The molecule has 0 bridgehead atoms. The van der Waals surface area contributed by atoms with Crippen LogP contribution < -0.4 is 4.90 Å². The molecule has 7 heteroatoms. The van der Waals surface area contributed by atoms with Crippen molar-refractivity contribution in [2.45, 2.75) is 6.54 Å². The second kappa shape index (κ2) is 7.39. The molecule has 0 saturated carbocycles. The molecule has 0 aliphatic heterocycles. The van der Waals surface area contributed by atoms with Gasteiger partial charge in [-0.2, -0.15) is 9.61 Å². The van der Waals surface area contributed by atoms with Crippen LogP contribution >= 0.6 is 23.2 Å². The van der Waals surface area contributed by atoms with Crippen LogP contribution in [0.1, 0.15) is 5.56 Å². The van der Waals surface area contributed by atoms with Crippen LogP contribution in [0.5, 0.6) is 0 Å². The number of amides is 1. The third kappa shape index (κ3) is 3.52. The molecule has 27 heavy (non-hydrogen) atoms. The van der Waals surface area contributed by atoms with Crippen molar-refractivity contribution < 1.29 is 4.79 Å². The highest BCUT2D eigenvalue weighted by Gasteiger charge is 2.16. The first-order chi connectivity index (χ1) is 13.2. The molecule has 5 nitrogen and oxygen atoms in total. The monoisotopic (exact) mass is 396 g/mol. The fourth-order valence-electron chi connectivity index (χ4n) is 2.86. The number of carbonyl (C=O) groups is 1. The summed E-state index contributed by atoms with van der Waals surface area (Å²) in [5.41, 5.74) is 3.15. The van der Waals surface area contributed by atoms with Gasteiger partial charge in [0.05, 0.1) is 18.4 Å². The Hall–Kier alpha value is -2.89. The number of nitrogens with zero attached hydrogens (tertiary/aromatic N) is 4. The van der Waals surface area contributed by atoms with Gasteiger partial charge in [0, 0.05) is 27.7 Å². The summed E-state index contributed by atoms with van der Waals surface area (Å²) in [6.07, 6.45) is 2.41. The summed E-state index contributed by atoms with van der Waals surface area (Å²) >= 11 is 12.2. The van der Waals surface area contributed by atoms with Gasteiger partial charge in [0.2, 0.25) is 6.41 Å². The van der Waals surface area contributed by atoms with Gasteiger partial charge in [0.25, 0.3) is 0 Å². The molecule has 0 atom stereocenters. The number of fused-ring (bicyclic) bond motifs is 1. The maximum atomic E-state index is 11.9. The van der Waals surface area contributed by atoms with E-state index in [0.717, 1.165) is 23.2 Å². The molecule has 0 unspecified atom stereocenters. The number of anilines is 1. The second-order valence-corrected chi connectivity index (χ2v) is 6.78. The third-order valence-corrected chi connectivity index (χ3v) is 4.77. The van der Waals surface area contributed by atoms with Crippen LogP contribution in [0.3, 0.4) is 0 Å². The zero-order valence-electron chi connectivity index (χ0n) is 14.1. The molecule has 1 amide bonds. The second-order valence-electron chi connectivity index (χ2n) is 5.94. The van der Waals surface area contributed by atoms with E-state index in [2.05, 4.69) is 10.1 Å². The Morgan fingerprint density at radius 1 is 1.04 bits per heavy atom. The first kappa shape index (κ1) is 17.5. The van der Waals surface area contributed by atoms with Crippen molar-refractivity contribution in [2.24, 2.45) is 0 Å². The number of benzene rings is 2. The van der Waals surface area contributed by atoms with Crippen molar-refractivity contribution >= 4 is 41.1 Å². The fraction of sp³-hybridized carbons (Fsp3) is 0.0500. The molecule has 0 aliphatic carbocycles. The maximum absolute atomic E-state index is 11.9. The Labute approximate surface area is 165 Å². The number of halogens is 2. The quantitative estimate of drug-likeness (QED) is 0.452. The van der Waals surface area contributed by atoms with E-state index in [-0.39, 0.29) is 6.54 Å². The van der Waals surface area contributed by atoms with E-state index in [1.54, 1.807) is 39.9 Å².